The van der Waals surface area contributed by atoms with Crippen molar-refractivity contribution in [2.45, 2.75) is 13.5 Å². The molecule has 2 rings (SSSR count). The molecule has 3 N–H and O–H groups in total. The summed E-state index contributed by atoms with van der Waals surface area (Å²) in [5.74, 6) is -0.207. The number of hydrogen-bond donors (Lipinski definition) is 2. The molecule has 0 aliphatic carbocycles. The van der Waals surface area contributed by atoms with E-state index in [1.54, 1.807) is 30.5 Å². The fourth-order valence-corrected chi connectivity index (χ4v) is 1.56. The third-order valence-corrected chi connectivity index (χ3v) is 2.51. The summed E-state index contributed by atoms with van der Waals surface area (Å²) in [6, 6.07) is 8.94. The van der Waals surface area contributed by atoms with Crippen LogP contribution < -0.4 is 11.1 Å². The van der Waals surface area contributed by atoms with Crippen LogP contribution in [0.15, 0.2) is 36.5 Å². The van der Waals surface area contributed by atoms with Crippen molar-refractivity contribution in [1.29, 1.82) is 0 Å². The molecule has 1 amide bonds. The fraction of sp³-hybridized carbons (Fsp3) is 0.154. The van der Waals surface area contributed by atoms with Crippen LogP contribution in [0.1, 0.15) is 21.6 Å². The van der Waals surface area contributed by atoms with Crippen molar-refractivity contribution in [3.8, 4) is 0 Å². The summed E-state index contributed by atoms with van der Waals surface area (Å²) >= 11 is 0. The largest absolute Gasteiger partial charge is 0.398 e. The van der Waals surface area contributed by atoms with Crippen molar-refractivity contribution < 1.29 is 4.79 Å². The van der Waals surface area contributed by atoms with Gasteiger partial charge in [0.1, 0.15) is 0 Å². The van der Waals surface area contributed by atoms with Gasteiger partial charge in [0.05, 0.1) is 17.8 Å². The summed E-state index contributed by atoms with van der Waals surface area (Å²) in [5.41, 5.74) is 8.43. The predicted molar refractivity (Wildman–Crippen MR) is 68.8 cm³/mol. The van der Waals surface area contributed by atoms with Crippen LogP contribution >= 0.6 is 0 Å². The van der Waals surface area contributed by atoms with Crippen LogP contribution in [0.4, 0.5) is 5.69 Å². The van der Waals surface area contributed by atoms with Crippen LogP contribution in [0.5, 0.6) is 0 Å². The number of hydrogen-bond acceptors (Lipinski definition) is 4. The minimum Gasteiger partial charge on any atom is -0.398 e. The van der Waals surface area contributed by atoms with E-state index in [0.29, 0.717) is 23.5 Å². The van der Waals surface area contributed by atoms with E-state index in [1.807, 2.05) is 13.0 Å². The van der Waals surface area contributed by atoms with Gasteiger partial charge in [-0.05, 0) is 31.2 Å². The standard InChI is InChI=1S/C13H14N4O/c1-9-4-5-12(14)11(7-9)13(18)15-8-10-3-2-6-16-17-10/h2-7H,8,14H2,1H3,(H,15,18). The van der Waals surface area contributed by atoms with E-state index in [4.69, 9.17) is 5.73 Å². The van der Waals surface area contributed by atoms with Gasteiger partial charge in [0.2, 0.25) is 0 Å². The molecular formula is C13H14N4O. The summed E-state index contributed by atoms with van der Waals surface area (Å²) in [4.78, 5) is 12.0. The highest BCUT2D eigenvalue weighted by Crippen LogP contribution is 2.13. The first-order valence-corrected chi connectivity index (χ1v) is 5.58. The predicted octanol–water partition coefficient (Wildman–Crippen LogP) is 1.30. The molecule has 0 atom stereocenters. The molecular weight excluding hydrogens is 228 g/mol. The highest BCUT2D eigenvalue weighted by molar-refractivity contribution is 5.99. The molecule has 5 heteroatoms. The molecule has 0 saturated carbocycles. The average Bonchev–Trinajstić information content (AvgIpc) is 2.40. The summed E-state index contributed by atoms with van der Waals surface area (Å²) in [6.45, 7) is 2.25. The maximum absolute atomic E-state index is 12.0. The van der Waals surface area contributed by atoms with Gasteiger partial charge < -0.3 is 11.1 Å². The number of aryl methyl sites for hydroxylation is 1. The van der Waals surface area contributed by atoms with E-state index < -0.39 is 0 Å². The number of nitrogens with zero attached hydrogens (tertiary/aromatic N) is 2. The lowest BCUT2D eigenvalue weighted by atomic mass is 10.1. The van der Waals surface area contributed by atoms with E-state index in [2.05, 4.69) is 15.5 Å². The fourth-order valence-electron chi connectivity index (χ4n) is 1.56. The van der Waals surface area contributed by atoms with E-state index in [0.717, 1.165) is 5.56 Å². The Labute approximate surface area is 105 Å². The van der Waals surface area contributed by atoms with Gasteiger partial charge >= 0.3 is 0 Å². The number of amides is 1. The van der Waals surface area contributed by atoms with Crippen LogP contribution in [0.25, 0.3) is 0 Å². The second-order valence-corrected chi connectivity index (χ2v) is 3.99. The number of anilines is 1. The smallest absolute Gasteiger partial charge is 0.253 e. The Morgan fingerprint density at radius 3 is 2.94 bits per heavy atom. The first-order valence-electron chi connectivity index (χ1n) is 5.58. The van der Waals surface area contributed by atoms with E-state index in [-0.39, 0.29) is 5.91 Å². The van der Waals surface area contributed by atoms with Gasteiger partial charge in [0.25, 0.3) is 5.91 Å². The number of carbonyl (C=O) groups is 1. The Morgan fingerprint density at radius 1 is 1.39 bits per heavy atom. The Morgan fingerprint density at radius 2 is 2.22 bits per heavy atom. The molecule has 1 heterocycles. The minimum atomic E-state index is -0.207. The number of aromatic nitrogens is 2. The van der Waals surface area contributed by atoms with E-state index in [9.17, 15) is 4.79 Å². The summed E-state index contributed by atoms with van der Waals surface area (Å²) in [6.07, 6.45) is 1.59. The molecule has 0 unspecified atom stereocenters. The topological polar surface area (TPSA) is 80.9 Å². The minimum absolute atomic E-state index is 0.207. The molecule has 0 aliphatic heterocycles. The number of benzene rings is 1. The monoisotopic (exact) mass is 242 g/mol. The quantitative estimate of drug-likeness (QED) is 0.795. The van der Waals surface area contributed by atoms with Crippen molar-refractivity contribution in [3.63, 3.8) is 0 Å². The Balaban J connectivity index is 2.06. The highest BCUT2D eigenvalue weighted by atomic mass is 16.1. The number of nitrogens with two attached hydrogens (primary N) is 1. The zero-order valence-electron chi connectivity index (χ0n) is 10.1. The second kappa shape index (κ2) is 5.27. The van der Waals surface area contributed by atoms with Crippen molar-refractivity contribution in [3.05, 3.63) is 53.3 Å². The molecule has 0 fully saturated rings. The third-order valence-electron chi connectivity index (χ3n) is 2.51. The van der Waals surface area contributed by atoms with Gasteiger partial charge in [0.15, 0.2) is 0 Å². The number of rotatable bonds is 3. The first kappa shape index (κ1) is 12.0. The third kappa shape index (κ3) is 2.82. The molecule has 92 valence electrons. The van der Waals surface area contributed by atoms with Gasteiger partial charge in [-0.1, -0.05) is 11.6 Å². The molecule has 0 spiro atoms. The van der Waals surface area contributed by atoms with Gasteiger partial charge in [-0.3, -0.25) is 4.79 Å². The molecule has 0 radical (unpaired) electrons. The Bertz CT molecular complexity index is 554. The van der Waals surface area contributed by atoms with Crippen molar-refractivity contribution >= 4 is 11.6 Å². The highest BCUT2D eigenvalue weighted by Gasteiger charge is 2.09. The van der Waals surface area contributed by atoms with Crippen molar-refractivity contribution in [2.24, 2.45) is 0 Å². The molecule has 2 aromatic rings. The maximum atomic E-state index is 12.0. The zero-order valence-corrected chi connectivity index (χ0v) is 10.1. The van der Waals surface area contributed by atoms with E-state index in [1.165, 1.54) is 0 Å². The van der Waals surface area contributed by atoms with Crippen molar-refractivity contribution in [2.75, 3.05) is 5.73 Å². The average molecular weight is 242 g/mol. The summed E-state index contributed by atoms with van der Waals surface area (Å²) < 4.78 is 0. The lowest BCUT2D eigenvalue weighted by molar-refractivity contribution is 0.0951. The molecule has 0 saturated heterocycles. The van der Waals surface area contributed by atoms with Gasteiger partial charge in [-0.25, -0.2) is 0 Å². The number of nitrogens with one attached hydrogen (secondary N) is 1. The molecule has 1 aromatic carbocycles. The Hall–Kier alpha value is -2.43. The van der Waals surface area contributed by atoms with Crippen LogP contribution in [0.2, 0.25) is 0 Å². The summed E-state index contributed by atoms with van der Waals surface area (Å²) in [7, 11) is 0. The van der Waals surface area contributed by atoms with Crippen LogP contribution in [0.3, 0.4) is 0 Å². The molecule has 0 bridgehead atoms. The number of carbonyl (C=O) groups excluding carboxylic acids is 1. The lowest BCUT2D eigenvalue weighted by Gasteiger charge is -2.07. The van der Waals surface area contributed by atoms with Gasteiger partial charge in [0, 0.05) is 11.9 Å². The van der Waals surface area contributed by atoms with Crippen LogP contribution in [-0.4, -0.2) is 16.1 Å². The van der Waals surface area contributed by atoms with Crippen LogP contribution in [-0.2, 0) is 6.54 Å². The maximum Gasteiger partial charge on any atom is 0.253 e. The molecule has 18 heavy (non-hydrogen) atoms. The second-order valence-electron chi connectivity index (χ2n) is 3.99. The molecule has 0 aliphatic rings. The molecule has 1 aromatic heterocycles. The van der Waals surface area contributed by atoms with Gasteiger partial charge in [-0.15, -0.1) is 0 Å². The van der Waals surface area contributed by atoms with Gasteiger partial charge in [-0.2, -0.15) is 10.2 Å². The Kier molecular flexibility index (Phi) is 3.52. The van der Waals surface area contributed by atoms with E-state index >= 15 is 0 Å². The molecule has 5 nitrogen and oxygen atoms in total. The SMILES string of the molecule is Cc1ccc(N)c(C(=O)NCc2cccnn2)c1. The zero-order chi connectivity index (χ0) is 13.0. The normalized spacial score (nSPS) is 10.1. The number of nitrogen functional groups attached to an aromatic ring is 1. The summed E-state index contributed by atoms with van der Waals surface area (Å²) in [5, 5.41) is 10.4. The van der Waals surface area contributed by atoms with Crippen molar-refractivity contribution in [1.82, 2.24) is 15.5 Å². The lowest BCUT2D eigenvalue weighted by Crippen LogP contribution is -2.24. The van der Waals surface area contributed by atoms with Crippen LogP contribution in [0, 0.1) is 6.92 Å². The first-order chi connectivity index (χ1) is 8.66.